The summed E-state index contributed by atoms with van der Waals surface area (Å²) in [6, 6.07) is 0. The summed E-state index contributed by atoms with van der Waals surface area (Å²) in [7, 11) is 0. The molecule has 0 aromatic heterocycles. The maximum Gasteiger partial charge on any atom is 0.382 e. The largest absolute Gasteiger partial charge is 0.472 e. The maximum atomic E-state index is 11.8. The van der Waals surface area contributed by atoms with Crippen LogP contribution in [0.4, 0.5) is 0 Å². The van der Waals surface area contributed by atoms with Gasteiger partial charge in [-0.05, 0) is 31.1 Å². The molecule has 0 aliphatic heterocycles. The Morgan fingerprint density at radius 1 is 0.731 bits per heavy atom. The summed E-state index contributed by atoms with van der Waals surface area (Å²) in [5.41, 5.74) is 0. The average molecular weight is 360 g/mol. The number of aliphatic carboxylic acids is 1. The topological polar surface area (TPSA) is 71.4 Å². The molecule has 0 aliphatic carbocycles. The van der Waals surface area contributed by atoms with Crippen LogP contribution in [0.25, 0.3) is 0 Å². The van der Waals surface area contributed by atoms with Crippen LogP contribution in [0.1, 0.15) is 96.8 Å². The molecule has 26 heavy (non-hydrogen) atoms. The summed E-state index contributed by atoms with van der Waals surface area (Å²) in [6.45, 7) is 2.21. The second kappa shape index (κ2) is 17.7. The number of hydrogen-bond acceptors (Lipinski definition) is 3. The Morgan fingerprint density at radius 3 is 1.85 bits per heavy atom. The van der Waals surface area contributed by atoms with E-state index in [1.165, 1.54) is 38.5 Å². The Kier molecular flexibility index (Phi) is 16.3. The third kappa shape index (κ3) is 18.3. The van der Waals surface area contributed by atoms with Crippen molar-refractivity contribution in [1.82, 2.24) is 0 Å². The lowest BCUT2D eigenvalue weighted by Crippen LogP contribution is -2.07. The van der Waals surface area contributed by atoms with Crippen molar-refractivity contribution in [1.29, 1.82) is 0 Å². The Hall–Kier alpha value is -2.07. The highest BCUT2D eigenvalue weighted by molar-refractivity contribution is 5.98. The van der Waals surface area contributed by atoms with Crippen molar-refractivity contribution in [2.75, 3.05) is 0 Å². The first kappa shape index (κ1) is 23.9. The van der Waals surface area contributed by atoms with E-state index >= 15 is 0 Å². The average Bonchev–Trinajstić information content (AvgIpc) is 2.59. The zero-order valence-corrected chi connectivity index (χ0v) is 16.1. The maximum absolute atomic E-state index is 11.8. The van der Waals surface area contributed by atoms with Crippen molar-refractivity contribution in [3.63, 3.8) is 0 Å². The molecule has 0 aromatic carbocycles. The van der Waals surface area contributed by atoms with E-state index in [4.69, 9.17) is 5.11 Å². The molecule has 0 saturated heterocycles. The van der Waals surface area contributed by atoms with Gasteiger partial charge < -0.3 is 5.11 Å². The molecule has 0 aromatic rings. The predicted molar refractivity (Wildman–Crippen MR) is 104 cm³/mol. The molecule has 4 nitrogen and oxygen atoms in total. The van der Waals surface area contributed by atoms with Crippen LogP contribution < -0.4 is 0 Å². The summed E-state index contributed by atoms with van der Waals surface area (Å²) in [5.74, 6) is 8.22. The van der Waals surface area contributed by atoms with E-state index in [1.807, 2.05) is 5.92 Å². The molecule has 0 fully saturated rings. The Labute approximate surface area is 158 Å². The van der Waals surface area contributed by atoms with Crippen LogP contribution in [0.3, 0.4) is 0 Å². The number of Topliss-reactive ketones (excluding diaryl/α,β-unsaturated/α-hetero) is 2. The normalized spacial score (nSPS) is 9.58. The number of carboxylic acid groups (broad SMARTS) is 1. The molecular weight excluding hydrogens is 328 g/mol. The Morgan fingerprint density at radius 2 is 1.27 bits per heavy atom. The van der Waals surface area contributed by atoms with Crippen molar-refractivity contribution in [3.05, 3.63) is 0 Å². The van der Waals surface area contributed by atoms with Crippen LogP contribution in [-0.2, 0) is 14.4 Å². The molecule has 1 N–H and O–H groups in total. The lowest BCUT2D eigenvalue weighted by atomic mass is 10.0. The van der Waals surface area contributed by atoms with Gasteiger partial charge in [0.1, 0.15) is 11.6 Å². The molecular formula is C22H32O4. The zero-order chi connectivity index (χ0) is 19.5. The number of carbonyl (C=O) groups excluding carboxylic acids is 2. The molecule has 4 heteroatoms. The number of ketones is 2. The second-order valence-electron chi connectivity index (χ2n) is 6.54. The molecule has 0 unspecified atom stereocenters. The fraction of sp³-hybridized carbons (Fsp3) is 0.682. The molecule has 0 aliphatic rings. The third-order valence-electron chi connectivity index (χ3n) is 4.03. The van der Waals surface area contributed by atoms with E-state index < -0.39 is 5.97 Å². The highest BCUT2D eigenvalue weighted by atomic mass is 16.4. The third-order valence-corrected chi connectivity index (χ3v) is 4.03. The van der Waals surface area contributed by atoms with E-state index in [1.54, 1.807) is 0 Å². The summed E-state index contributed by atoms with van der Waals surface area (Å²) < 4.78 is 0. The highest BCUT2D eigenvalue weighted by Crippen LogP contribution is 2.11. The second-order valence-corrected chi connectivity index (χ2v) is 6.54. The molecule has 0 amide bonds. The quantitative estimate of drug-likeness (QED) is 0.261. The van der Waals surface area contributed by atoms with Gasteiger partial charge in [-0.25, -0.2) is 4.79 Å². The van der Waals surface area contributed by atoms with Crippen LogP contribution in [-0.4, -0.2) is 22.6 Å². The molecule has 0 bridgehead atoms. The first-order valence-electron chi connectivity index (χ1n) is 9.81. The summed E-state index contributed by atoms with van der Waals surface area (Å²) >= 11 is 0. The van der Waals surface area contributed by atoms with Crippen molar-refractivity contribution in [3.8, 4) is 23.7 Å². The minimum atomic E-state index is -1.19. The molecule has 144 valence electrons. The van der Waals surface area contributed by atoms with Gasteiger partial charge in [-0.2, -0.15) is 0 Å². The first-order valence-corrected chi connectivity index (χ1v) is 9.81. The smallest absolute Gasteiger partial charge is 0.382 e. The van der Waals surface area contributed by atoms with Gasteiger partial charge >= 0.3 is 5.97 Å². The fourth-order valence-corrected chi connectivity index (χ4v) is 2.58. The van der Waals surface area contributed by atoms with Crippen molar-refractivity contribution in [2.24, 2.45) is 0 Å². The molecule has 0 rings (SSSR count). The Balaban J connectivity index is 3.55. The van der Waals surface area contributed by atoms with Gasteiger partial charge in [0.15, 0.2) is 0 Å². The fourth-order valence-electron chi connectivity index (χ4n) is 2.58. The number of unbranched alkanes of at least 4 members (excludes halogenated alkanes) is 9. The first-order chi connectivity index (χ1) is 12.6. The number of hydrogen-bond donors (Lipinski definition) is 1. The van der Waals surface area contributed by atoms with Crippen LogP contribution in [0.5, 0.6) is 0 Å². The molecule has 0 spiro atoms. The van der Waals surface area contributed by atoms with Crippen molar-refractivity contribution >= 4 is 17.5 Å². The summed E-state index contributed by atoms with van der Waals surface area (Å²) in [4.78, 5) is 33.7. The lowest BCUT2D eigenvalue weighted by Gasteiger charge is -2.02. The monoisotopic (exact) mass is 360 g/mol. The van der Waals surface area contributed by atoms with Crippen molar-refractivity contribution < 1.29 is 19.5 Å². The van der Waals surface area contributed by atoms with Crippen LogP contribution in [0.2, 0.25) is 0 Å². The molecule has 0 saturated carbocycles. The van der Waals surface area contributed by atoms with Gasteiger partial charge in [-0.3, -0.25) is 9.59 Å². The van der Waals surface area contributed by atoms with Crippen LogP contribution >= 0.6 is 0 Å². The van der Waals surface area contributed by atoms with Crippen molar-refractivity contribution in [2.45, 2.75) is 96.8 Å². The Bertz CT molecular complexity index is 540. The van der Waals surface area contributed by atoms with Crippen LogP contribution in [0, 0.1) is 23.7 Å². The van der Waals surface area contributed by atoms with Gasteiger partial charge in [0.05, 0.1) is 6.42 Å². The summed E-state index contributed by atoms with van der Waals surface area (Å²) in [5, 5.41) is 8.30. The predicted octanol–water partition coefficient (Wildman–Crippen LogP) is 4.70. The molecule has 0 atom stereocenters. The number of carboxylic acids is 1. The molecule has 0 heterocycles. The van der Waals surface area contributed by atoms with Crippen LogP contribution in [0.15, 0.2) is 0 Å². The summed E-state index contributed by atoms with van der Waals surface area (Å²) in [6.07, 6.45) is 12.6. The number of rotatable bonds is 15. The van der Waals surface area contributed by atoms with E-state index in [0.717, 1.165) is 19.3 Å². The minimum absolute atomic E-state index is 0.00759. The van der Waals surface area contributed by atoms with E-state index in [-0.39, 0.29) is 18.0 Å². The highest BCUT2D eigenvalue weighted by Gasteiger charge is 2.08. The zero-order valence-electron chi connectivity index (χ0n) is 16.1. The number of carbonyl (C=O) groups is 3. The SMILES string of the molecule is CCCCCCCCCCC(=O)CC(=O)CCCCC#CC#CC(=O)O. The van der Waals surface area contributed by atoms with Gasteiger partial charge in [-0.15, -0.1) is 0 Å². The van der Waals surface area contributed by atoms with E-state index in [9.17, 15) is 14.4 Å². The van der Waals surface area contributed by atoms with Gasteiger partial charge in [-0.1, -0.05) is 57.8 Å². The molecule has 0 radical (unpaired) electrons. The van der Waals surface area contributed by atoms with Gasteiger partial charge in [0.25, 0.3) is 0 Å². The standard InChI is InChI=1S/C22H32O4/c1-2-3-4-5-6-7-10-13-16-20(23)19-21(24)17-14-11-8-9-12-15-18-22(25)26/h2-8,10-11,13-14,16-17,19H2,1H3,(H,25,26). The lowest BCUT2D eigenvalue weighted by molar-refractivity contribution is -0.130. The van der Waals surface area contributed by atoms with E-state index in [0.29, 0.717) is 25.7 Å². The van der Waals surface area contributed by atoms with Gasteiger partial charge in [0, 0.05) is 25.2 Å². The van der Waals surface area contributed by atoms with Gasteiger partial charge in [0.2, 0.25) is 0 Å². The van der Waals surface area contributed by atoms with E-state index in [2.05, 4.69) is 24.7 Å². The minimum Gasteiger partial charge on any atom is -0.472 e.